The summed E-state index contributed by atoms with van der Waals surface area (Å²) in [7, 11) is 1.61. The smallest absolute Gasteiger partial charge is 0.257 e. The summed E-state index contributed by atoms with van der Waals surface area (Å²) in [5.41, 5.74) is 0.366. The molecule has 0 bridgehead atoms. The molecule has 1 N–H and O–H groups in total. The van der Waals surface area contributed by atoms with E-state index < -0.39 is 0 Å². The standard InChI is InChI=1S/C10H14N2O3/c1-15-7-3-5-11-10(13)9-4-2-6-12(14)8-9/h2,4,6,8H,3,5,7H2,1H3,(H,11,13). The van der Waals surface area contributed by atoms with Crippen LogP contribution in [-0.4, -0.2) is 26.2 Å². The molecular weight excluding hydrogens is 196 g/mol. The van der Waals surface area contributed by atoms with Crippen LogP contribution < -0.4 is 10.0 Å². The molecule has 15 heavy (non-hydrogen) atoms. The minimum Gasteiger partial charge on any atom is -0.619 e. The molecule has 5 heteroatoms. The van der Waals surface area contributed by atoms with Gasteiger partial charge in [0.15, 0.2) is 12.4 Å². The van der Waals surface area contributed by atoms with Crippen LogP contribution in [0.1, 0.15) is 16.8 Å². The molecule has 1 aromatic rings. The first-order chi connectivity index (χ1) is 7.24. The van der Waals surface area contributed by atoms with Gasteiger partial charge < -0.3 is 15.3 Å². The van der Waals surface area contributed by atoms with Crippen molar-refractivity contribution in [3.8, 4) is 0 Å². The Kier molecular flexibility index (Phi) is 4.56. The molecule has 0 aliphatic rings. The van der Waals surface area contributed by atoms with E-state index in [2.05, 4.69) is 5.32 Å². The fourth-order valence-electron chi connectivity index (χ4n) is 1.11. The Bertz CT molecular complexity index is 328. The van der Waals surface area contributed by atoms with Crippen LogP contribution in [0.15, 0.2) is 24.5 Å². The van der Waals surface area contributed by atoms with Gasteiger partial charge in [-0.15, -0.1) is 0 Å². The predicted octanol–water partition coefficient (Wildman–Crippen LogP) is 0.0863. The number of carbonyl (C=O) groups excluding carboxylic acids is 1. The average Bonchev–Trinajstić information content (AvgIpc) is 2.24. The third-order valence-corrected chi connectivity index (χ3v) is 1.85. The molecule has 1 amide bonds. The topological polar surface area (TPSA) is 65.3 Å². The lowest BCUT2D eigenvalue weighted by Crippen LogP contribution is -2.30. The highest BCUT2D eigenvalue weighted by Gasteiger charge is 2.06. The van der Waals surface area contributed by atoms with Crippen LogP contribution in [0.4, 0.5) is 0 Å². The van der Waals surface area contributed by atoms with Crippen molar-refractivity contribution in [1.82, 2.24) is 5.32 Å². The molecule has 0 fully saturated rings. The normalized spacial score (nSPS) is 9.93. The fraction of sp³-hybridized carbons (Fsp3) is 0.400. The van der Waals surface area contributed by atoms with Gasteiger partial charge >= 0.3 is 0 Å². The van der Waals surface area contributed by atoms with Gasteiger partial charge in [-0.2, -0.15) is 4.73 Å². The van der Waals surface area contributed by atoms with Crippen molar-refractivity contribution >= 4 is 5.91 Å². The Morgan fingerprint density at radius 2 is 2.47 bits per heavy atom. The Labute approximate surface area is 88.3 Å². The summed E-state index contributed by atoms with van der Waals surface area (Å²) in [5, 5.41) is 13.6. The molecule has 1 rings (SSSR count). The third-order valence-electron chi connectivity index (χ3n) is 1.85. The summed E-state index contributed by atoms with van der Waals surface area (Å²) in [6.45, 7) is 1.15. The SMILES string of the molecule is COCCCNC(=O)c1ccc[n+]([O-])c1. The Balaban J connectivity index is 2.40. The number of nitrogens with zero attached hydrogens (tertiary/aromatic N) is 1. The molecule has 0 spiro atoms. The van der Waals surface area contributed by atoms with E-state index in [1.807, 2.05) is 0 Å². The molecule has 0 saturated carbocycles. The number of pyridine rings is 1. The summed E-state index contributed by atoms with van der Waals surface area (Å²) in [6, 6.07) is 3.14. The minimum absolute atomic E-state index is 0.240. The van der Waals surface area contributed by atoms with Crippen molar-refractivity contribution in [1.29, 1.82) is 0 Å². The van der Waals surface area contributed by atoms with E-state index in [1.54, 1.807) is 13.2 Å². The molecular formula is C10H14N2O3. The zero-order chi connectivity index (χ0) is 11.1. The Hall–Kier alpha value is -1.62. The first-order valence-electron chi connectivity index (χ1n) is 4.70. The van der Waals surface area contributed by atoms with Crippen LogP contribution in [0.5, 0.6) is 0 Å². The van der Waals surface area contributed by atoms with E-state index >= 15 is 0 Å². The average molecular weight is 210 g/mol. The van der Waals surface area contributed by atoms with Gasteiger partial charge in [-0.25, -0.2) is 0 Å². The highest BCUT2D eigenvalue weighted by Crippen LogP contribution is 1.93. The van der Waals surface area contributed by atoms with E-state index in [0.29, 0.717) is 23.4 Å². The number of hydrogen-bond donors (Lipinski definition) is 1. The van der Waals surface area contributed by atoms with Crippen LogP contribution in [0, 0.1) is 5.21 Å². The number of aromatic nitrogens is 1. The first kappa shape index (κ1) is 11.5. The number of rotatable bonds is 5. The molecule has 0 aliphatic carbocycles. The predicted molar refractivity (Wildman–Crippen MR) is 54.2 cm³/mol. The fourth-order valence-corrected chi connectivity index (χ4v) is 1.11. The summed E-state index contributed by atoms with van der Waals surface area (Å²) < 4.78 is 5.44. The first-order valence-corrected chi connectivity index (χ1v) is 4.70. The molecule has 1 aromatic heterocycles. The monoisotopic (exact) mass is 210 g/mol. The van der Waals surface area contributed by atoms with Crippen LogP contribution in [0.25, 0.3) is 0 Å². The second kappa shape index (κ2) is 5.98. The maximum Gasteiger partial charge on any atom is 0.257 e. The molecule has 1 heterocycles. The Morgan fingerprint density at radius 1 is 1.67 bits per heavy atom. The maximum atomic E-state index is 11.5. The highest BCUT2D eigenvalue weighted by molar-refractivity contribution is 5.93. The minimum atomic E-state index is -0.240. The van der Waals surface area contributed by atoms with Gasteiger partial charge in [0.2, 0.25) is 0 Å². The van der Waals surface area contributed by atoms with Gasteiger partial charge in [0, 0.05) is 26.3 Å². The lowest BCUT2D eigenvalue weighted by Gasteiger charge is -2.04. The van der Waals surface area contributed by atoms with Gasteiger partial charge in [-0.3, -0.25) is 4.79 Å². The molecule has 0 atom stereocenters. The third kappa shape index (κ3) is 3.95. The van der Waals surface area contributed by atoms with Gasteiger partial charge in [-0.05, 0) is 12.5 Å². The molecule has 82 valence electrons. The van der Waals surface area contributed by atoms with Crippen molar-refractivity contribution in [2.24, 2.45) is 0 Å². The van der Waals surface area contributed by atoms with E-state index in [9.17, 15) is 10.0 Å². The van der Waals surface area contributed by atoms with Gasteiger partial charge in [0.25, 0.3) is 5.91 Å². The van der Waals surface area contributed by atoms with Crippen molar-refractivity contribution < 1.29 is 14.3 Å². The molecule has 0 saturated heterocycles. The maximum absolute atomic E-state index is 11.5. The van der Waals surface area contributed by atoms with E-state index in [-0.39, 0.29) is 5.91 Å². The quantitative estimate of drug-likeness (QED) is 0.425. The van der Waals surface area contributed by atoms with E-state index in [0.717, 1.165) is 6.42 Å². The van der Waals surface area contributed by atoms with Gasteiger partial charge in [0.1, 0.15) is 5.56 Å². The van der Waals surface area contributed by atoms with E-state index in [4.69, 9.17) is 4.74 Å². The number of methoxy groups -OCH3 is 1. The van der Waals surface area contributed by atoms with Gasteiger partial charge in [-0.1, -0.05) is 0 Å². The second-order valence-electron chi connectivity index (χ2n) is 3.05. The Morgan fingerprint density at radius 3 is 3.13 bits per heavy atom. The lowest BCUT2D eigenvalue weighted by atomic mass is 10.2. The number of hydrogen-bond acceptors (Lipinski definition) is 3. The number of carbonyl (C=O) groups is 1. The summed E-state index contributed by atoms with van der Waals surface area (Å²) in [5.74, 6) is -0.240. The summed E-state index contributed by atoms with van der Waals surface area (Å²) in [6.07, 6.45) is 3.33. The number of nitrogens with one attached hydrogen (secondary N) is 1. The molecule has 0 radical (unpaired) electrons. The van der Waals surface area contributed by atoms with Crippen molar-refractivity contribution in [2.75, 3.05) is 20.3 Å². The van der Waals surface area contributed by atoms with Gasteiger partial charge in [0.05, 0.1) is 0 Å². The molecule has 0 aromatic carbocycles. The van der Waals surface area contributed by atoms with Crippen LogP contribution in [-0.2, 0) is 4.74 Å². The van der Waals surface area contributed by atoms with Crippen LogP contribution >= 0.6 is 0 Å². The number of amides is 1. The lowest BCUT2D eigenvalue weighted by molar-refractivity contribution is -0.605. The molecule has 0 aliphatic heterocycles. The van der Waals surface area contributed by atoms with Crippen molar-refractivity contribution in [3.05, 3.63) is 35.3 Å². The largest absolute Gasteiger partial charge is 0.619 e. The zero-order valence-corrected chi connectivity index (χ0v) is 8.60. The van der Waals surface area contributed by atoms with Crippen LogP contribution in [0.2, 0.25) is 0 Å². The number of ether oxygens (including phenoxy) is 1. The summed E-state index contributed by atoms with van der Waals surface area (Å²) in [4.78, 5) is 11.5. The van der Waals surface area contributed by atoms with Crippen LogP contribution in [0.3, 0.4) is 0 Å². The zero-order valence-electron chi connectivity index (χ0n) is 8.60. The second-order valence-corrected chi connectivity index (χ2v) is 3.05. The van der Waals surface area contributed by atoms with E-state index in [1.165, 1.54) is 18.5 Å². The van der Waals surface area contributed by atoms with Crippen molar-refractivity contribution in [3.63, 3.8) is 0 Å². The van der Waals surface area contributed by atoms with Crippen molar-refractivity contribution in [2.45, 2.75) is 6.42 Å². The molecule has 0 unspecified atom stereocenters. The summed E-state index contributed by atoms with van der Waals surface area (Å²) >= 11 is 0. The molecule has 5 nitrogen and oxygen atoms in total. The highest BCUT2D eigenvalue weighted by atomic mass is 16.5.